The first-order valence-corrected chi connectivity index (χ1v) is 9.93. The van der Waals surface area contributed by atoms with Gasteiger partial charge in [-0.05, 0) is 29.7 Å². The lowest BCUT2D eigenvalue weighted by Gasteiger charge is -2.25. The van der Waals surface area contributed by atoms with Crippen LogP contribution in [0.3, 0.4) is 0 Å². The molecule has 2 heterocycles. The van der Waals surface area contributed by atoms with E-state index in [2.05, 4.69) is 5.32 Å². The fourth-order valence-electron chi connectivity index (χ4n) is 3.02. The highest BCUT2D eigenvalue weighted by atomic mass is 35.5. The molecule has 152 valence electrons. The molecule has 0 saturated heterocycles. The van der Waals surface area contributed by atoms with E-state index in [0.717, 1.165) is 10.4 Å². The number of carbonyl (C=O) groups is 3. The number of benzene rings is 1. The van der Waals surface area contributed by atoms with Crippen molar-refractivity contribution >= 4 is 52.0 Å². The lowest BCUT2D eigenvalue weighted by Crippen LogP contribution is -2.35. The van der Waals surface area contributed by atoms with Gasteiger partial charge in [-0.2, -0.15) is 0 Å². The predicted molar refractivity (Wildman–Crippen MR) is 111 cm³/mol. The number of amides is 2. The fourth-order valence-corrected chi connectivity index (χ4v) is 4.48. The minimum Gasteiger partial charge on any atom is -0.465 e. The van der Waals surface area contributed by atoms with Crippen LogP contribution >= 0.6 is 22.9 Å². The number of fused-ring (bicyclic) bond motifs is 1. The van der Waals surface area contributed by atoms with Gasteiger partial charge in [0, 0.05) is 22.5 Å². The summed E-state index contributed by atoms with van der Waals surface area (Å²) in [5, 5.41) is 3.66. The number of anilines is 1. The molecule has 2 aromatic rings. The highest BCUT2D eigenvalue weighted by Gasteiger charge is 2.30. The molecule has 29 heavy (non-hydrogen) atoms. The van der Waals surface area contributed by atoms with Gasteiger partial charge in [0.05, 0.1) is 26.3 Å². The van der Waals surface area contributed by atoms with Gasteiger partial charge < -0.3 is 19.7 Å². The molecule has 0 spiro atoms. The Kier molecular flexibility index (Phi) is 6.56. The summed E-state index contributed by atoms with van der Waals surface area (Å²) in [5.41, 5.74) is 1.82. The van der Waals surface area contributed by atoms with Crippen molar-refractivity contribution in [1.82, 2.24) is 4.90 Å². The molecule has 1 aliphatic rings. The third kappa shape index (κ3) is 4.60. The zero-order valence-corrected chi connectivity index (χ0v) is 17.4. The number of thiophene rings is 1. The van der Waals surface area contributed by atoms with Crippen LogP contribution in [0.2, 0.25) is 5.02 Å². The normalized spacial score (nSPS) is 13.1. The molecule has 1 aliphatic heterocycles. The third-order valence-electron chi connectivity index (χ3n) is 4.44. The number of ether oxygens (including phenoxy) is 2. The molecule has 0 fully saturated rings. The molecule has 0 aliphatic carbocycles. The molecule has 1 aromatic heterocycles. The topological polar surface area (TPSA) is 84.9 Å². The number of carbonyl (C=O) groups excluding carboxylic acids is 3. The lowest BCUT2D eigenvalue weighted by atomic mass is 10.0. The third-order valence-corrected chi connectivity index (χ3v) is 5.91. The summed E-state index contributed by atoms with van der Waals surface area (Å²) in [7, 11) is 2.61. The van der Waals surface area contributed by atoms with Crippen molar-refractivity contribution < 1.29 is 23.9 Å². The molecule has 3 rings (SSSR count). The zero-order chi connectivity index (χ0) is 21.0. The Morgan fingerprint density at radius 2 is 1.97 bits per heavy atom. The van der Waals surface area contributed by atoms with Gasteiger partial charge in [0.1, 0.15) is 5.00 Å². The Morgan fingerprint density at radius 3 is 2.66 bits per heavy atom. The quantitative estimate of drug-likeness (QED) is 0.581. The lowest BCUT2D eigenvalue weighted by molar-refractivity contribution is -0.111. The summed E-state index contributed by atoms with van der Waals surface area (Å²) in [4.78, 5) is 38.9. The van der Waals surface area contributed by atoms with E-state index in [4.69, 9.17) is 21.1 Å². The van der Waals surface area contributed by atoms with E-state index in [1.165, 1.54) is 31.6 Å². The Hall–Kier alpha value is -2.84. The van der Waals surface area contributed by atoms with E-state index in [1.807, 2.05) is 6.07 Å². The zero-order valence-electron chi connectivity index (χ0n) is 15.9. The smallest absolute Gasteiger partial charge is 0.409 e. The number of methoxy groups -OCH3 is 2. The van der Waals surface area contributed by atoms with Crippen LogP contribution in [0.4, 0.5) is 9.80 Å². The van der Waals surface area contributed by atoms with Crippen molar-refractivity contribution in [3.63, 3.8) is 0 Å². The number of halogens is 1. The molecular weight excluding hydrogens is 416 g/mol. The van der Waals surface area contributed by atoms with Crippen LogP contribution in [-0.2, 0) is 27.2 Å². The summed E-state index contributed by atoms with van der Waals surface area (Å²) in [6.07, 6.45) is 2.98. The molecule has 1 aromatic carbocycles. The predicted octanol–water partition coefficient (Wildman–Crippen LogP) is 3.96. The van der Waals surface area contributed by atoms with Crippen molar-refractivity contribution in [3.8, 4) is 0 Å². The number of esters is 1. The number of rotatable bonds is 4. The minimum absolute atomic E-state index is 0.308. The molecular formula is C20H19ClN2O5S. The maximum Gasteiger partial charge on any atom is 0.409 e. The van der Waals surface area contributed by atoms with E-state index >= 15 is 0 Å². The highest BCUT2D eigenvalue weighted by molar-refractivity contribution is 7.17. The monoisotopic (exact) mass is 434 g/mol. The minimum atomic E-state index is -0.528. The average molecular weight is 435 g/mol. The Balaban J connectivity index is 1.84. The van der Waals surface area contributed by atoms with Gasteiger partial charge >= 0.3 is 12.1 Å². The molecule has 7 nitrogen and oxygen atoms in total. The van der Waals surface area contributed by atoms with Crippen molar-refractivity contribution in [2.45, 2.75) is 13.0 Å². The van der Waals surface area contributed by atoms with Crippen LogP contribution in [0.25, 0.3) is 6.08 Å². The first-order valence-electron chi connectivity index (χ1n) is 8.74. The van der Waals surface area contributed by atoms with Crippen molar-refractivity contribution in [1.29, 1.82) is 0 Å². The number of nitrogens with zero attached hydrogens (tertiary/aromatic N) is 1. The van der Waals surface area contributed by atoms with Gasteiger partial charge in [-0.1, -0.05) is 29.8 Å². The number of hydrogen-bond acceptors (Lipinski definition) is 6. The SMILES string of the molecule is COC(=O)c1c(NC(=O)/C=C/c2ccccc2Cl)sc2c1CCN(C(=O)OC)C2. The van der Waals surface area contributed by atoms with Gasteiger partial charge in [0.2, 0.25) is 5.91 Å². The summed E-state index contributed by atoms with van der Waals surface area (Å²) in [5.74, 6) is -0.933. The summed E-state index contributed by atoms with van der Waals surface area (Å²) < 4.78 is 9.67. The van der Waals surface area contributed by atoms with Gasteiger partial charge in [0.15, 0.2) is 0 Å². The maximum atomic E-state index is 12.4. The van der Waals surface area contributed by atoms with Crippen LogP contribution in [-0.4, -0.2) is 43.6 Å². The van der Waals surface area contributed by atoms with Crippen LogP contribution in [0.15, 0.2) is 30.3 Å². The molecule has 0 atom stereocenters. The Bertz CT molecular complexity index is 985. The molecule has 0 saturated carbocycles. The van der Waals surface area contributed by atoms with Gasteiger partial charge in [-0.25, -0.2) is 9.59 Å². The van der Waals surface area contributed by atoms with Crippen molar-refractivity contribution in [3.05, 3.63) is 56.9 Å². The van der Waals surface area contributed by atoms with Crippen LogP contribution in [0.5, 0.6) is 0 Å². The summed E-state index contributed by atoms with van der Waals surface area (Å²) in [6.45, 7) is 0.724. The van der Waals surface area contributed by atoms with Gasteiger partial charge in [-0.3, -0.25) is 4.79 Å². The summed E-state index contributed by atoms with van der Waals surface area (Å²) in [6, 6.07) is 7.14. The van der Waals surface area contributed by atoms with E-state index in [0.29, 0.717) is 40.7 Å². The summed E-state index contributed by atoms with van der Waals surface area (Å²) >= 11 is 7.34. The number of nitrogens with one attached hydrogen (secondary N) is 1. The number of hydrogen-bond donors (Lipinski definition) is 1. The van der Waals surface area contributed by atoms with E-state index in [9.17, 15) is 14.4 Å². The Morgan fingerprint density at radius 1 is 1.21 bits per heavy atom. The van der Waals surface area contributed by atoms with Crippen molar-refractivity contribution in [2.75, 3.05) is 26.1 Å². The molecule has 0 bridgehead atoms. The van der Waals surface area contributed by atoms with Crippen LogP contribution < -0.4 is 5.32 Å². The van der Waals surface area contributed by atoms with Crippen LogP contribution in [0, 0.1) is 0 Å². The maximum absolute atomic E-state index is 12.4. The van der Waals surface area contributed by atoms with Gasteiger partial charge in [-0.15, -0.1) is 11.3 Å². The van der Waals surface area contributed by atoms with E-state index < -0.39 is 18.0 Å². The highest BCUT2D eigenvalue weighted by Crippen LogP contribution is 2.37. The van der Waals surface area contributed by atoms with E-state index in [1.54, 1.807) is 29.2 Å². The standard InChI is InChI=1S/C20H19ClN2O5S/c1-27-19(25)17-13-9-10-23(20(26)28-2)11-15(13)29-18(17)22-16(24)8-7-12-5-3-4-6-14(12)21/h3-8H,9-11H2,1-2H3,(H,22,24)/b8-7+. The molecule has 9 heteroatoms. The second kappa shape index (κ2) is 9.11. The molecule has 1 N–H and O–H groups in total. The molecule has 2 amide bonds. The van der Waals surface area contributed by atoms with Crippen LogP contribution in [0.1, 0.15) is 26.4 Å². The first kappa shape index (κ1) is 20.9. The molecule has 0 radical (unpaired) electrons. The van der Waals surface area contributed by atoms with Gasteiger partial charge in [0.25, 0.3) is 0 Å². The second-order valence-electron chi connectivity index (χ2n) is 6.19. The van der Waals surface area contributed by atoms with E-state index in [-0.39, 0.29) is 0 Å². The Labute approximate surface area is 176 Å². The van der Waals surface area contributed by atoms with Crippen molar-refractivity contribution in [2.24, 2.45) is 0 Å². The average Bonchev–Trinajstić information content (AvgIpc) is 3.08. The second-order valence-corrected chi connectivity index (χ2v) is 7.70. The molecule has 0 unspecified atom stereocenters. The largest absolute Gasteiger partial charge is 0.465 e. The first-order chi connectivity index (χ1) is 13.9. The fraction of sp³-hybridized carbons (Fsp3) is 0.250.